The van der Waals surface area contributed by atoms with Crippen molar-refractivity contribution in [3.63, 3.8) is 0 Å². The first-order chi connectivity index (χ1) is 10.0. The van der Waals surface area contributed by atoms with Crippen LogP contribution < -0.4 is 0 Å². The van der Waals surface area contributed by atoms with Gasteiger partial charge in [-0.05, 0) is 45.7 Å². The van der Waals surface area contributed by atoms with Crippen molar-refractivity contribution >= 4 is 5.91 Å². The Hall–Kier alpha value is -0.650. The molecule has 0 radical (unpaired) electrons. The van der Waals surface area contributed by atoms with E-state index in [4.69, 9.17) is 4.74 Å². The monoisotopic (exact) mass is 295 g/mol. The van der Waals surface area contributed by atoms with Crippen molar-refractivity contribution in [3.8, 4) is 0 Å². The third kappa shape index (κ3) is 2.96. The number of carbonyl (C=O) groups is 1. The Kier molecular flexibility index (Phi) is 4.26. The molecule has 1 atom stereocenters. The van der Waals surface area contributed by atoms with Crippen molar-refractivity contribution in [1.29, 1.82) is 0 Å². The fraction of sp³-hybridized carbons (Fsp3) is 0.938. The number of piperidine rings is 3. The van der Waals surface area contributed by atoms with Gasteiger partial charge in [0.1, 0.15) is 5.60 Å². The third-order valence-electron chi connectivity index (χ3n) is 5.72. The van der Waals surface area contributed by atoms with E-state index in [1.165, 1.54) is 32.5 Å². The molecule has 4 saturated heterocycles. The van der Waals surface area contributed by atoms with Gasteiger partial charge in [-0.3, -0.25) is 9.69 Å². The first-order valence-electron chi connectivity index (χ1n) is 8.32. The van der Waals surface area contributed by atoms with Gasteiger partial charge in [-0.1, -0.05) is 0 Å². The van der Waals surface area contributed by atoms with Crippen molar-refractivity contribution < 1.29 is 9.53 Å². The zero-order chi connectivity index (χ0) is 15.0. The van der Waals surface area contributed by atoms with E-state index in [1.54, 1.807) is 7.11 Å². The summed E-state index contributed by atoms with van der Waals surface area (Å²) in [5.41, 5.74) is -0.697. The highest BCUT2D eigenvalue weighted by molar-refractivity contribution is 5.84. The van der Waals surface area contributed by atoms with E-state index in [0.717, 1.165) is 38.1 Å². The molecule has 120 valence electrons. The predicted molar refractivity (Wildman–Crippen MR) is 82.2 cm³/mol. The maximum atomic E-state index is 12.4. The van der Waals surface area contributed by atoms with Crippen LogP contribution in [0.1, 0.15) is 26.7 Å². The predicted octanol–water partition coefficient (Wildman–Crippen LogP) is 0.650. The molecular weight excluding hydrogens is 266 g/mol. The number of fused-ring (bicyclic) bond motifs is 3. The van der Waals surface area contributed by atoms with E-state index in [0.29, 0.717) is 0 Å². The Morgan fingerprint density at radius 2 is 1.67 bits per heavy atom. The topological polar surface area (TPSA) is 36.0 Å². The van der Waals surface area contributed by atoms with Gasteiger partial charge >= 0.3 is 0 Å². The molecule has 21 heavy (non-hydrogen) atoms. The number of ether oxygens (including phenoxy) is 1. The number of nitrogens with zero attached hydrogens (tertiary/aromatic N) is 3. The summed E-state index contributed by atoms with van der Waals surface area (Å²) in [5, 5.41) is 0. The average molecular weight is 295 g/mol. The van der Waals surface area contributed by atoms with Crippen LogP contribution in [0.15, 0.2) is 0 Å². The van der Waals surface area contributed by atoms with E-state index in [2.05, 4.69) is 9.80 Å². The van der Waals surface area contributed by atoms with Gasteiger partial charge in [-0.15, -0.1) is 0 Å². The molecule has 1 amide bonds. The van der Waals surface area contributed by atoms with Gasteiger partial charge in [-0.2, -0.15) is 0 Å². The van der Waals surface area contributed by atoms with Crippen LogP contribution in [0.3, 0.4) is 0 Å². The fourth-order valence-electron chi connectivity index (χ4n) is 4.07. The highest BCUT2D eigenvalue weighted by Crippen LogP contribution is 2.31. The Morgan fingerprint density at radius 3 is 2.14 bits per heavy atom. The summed E-state index contributed by atoms with van der Waals surface area (Å²) >= 11 is 0. The minimum atomic E-state index is -0.697. The zero-order valence-electron chi connectivity index (χ0n) is 13.7. The second-order valence-corrected chi connectivity index (χ2v) is 7.25. The largest absolute Gasteiger partial charge is 0.369 e. The van der Waals surface area contributed by atoms with Gasteiger partial charge in [0.05, 0.1) is 0 Å². The number of hydrogen-bond acceptors (Lipinski definition) is 4. The lowest BCUT2D eigenvalue weighted by atomic mass is 9.83. The maximum Gasteiger partial charge on any atom is 0.254 e. The van der Waals surface area contributed by atoms with E-state index < -0.39 is 5.60 Å². The van der Waals surface area contributed by atoms with E-state index in [1.807, 2.05) is 18.7 Å². The quantitative estimate of drug-likeness (QED) is 0.766. The summed E-state index contributed by atoms with van der Waals surface area (Å²) in [6, 6.07) is 0.722. The van der Waals surface area contributed by atoms with E-state index >= 15 is 0 Å². The molecule has 0 saturated carbocycles. The van der Waals surface area contributed by atoms with E-state index in [-0.39, 0.29) is 5.91 Å². The molecule has 5 heteroatoms. The molecule has 5 nitrogen and oxygen atoms in total. The molecule has 0 aromatic heterocycles. The second kappa shape index (κ2) is 5.86. The minimum absolute atomic E-state index is 0.124. The highest BCUT2D eigenvalue weighted by Gasteiger charge is 2.40. The molecule has 4 aliphatic rings. The van der Waals surface area contributed by atoms with Crippen LogP contribution in [-0.4, -0.2) is 85.2 Å². The van der Waals surface area contributed by atoms with Crippen LogP contribution in [-0.2, 0) is 9.53 Å². The third-order valence-corrected chi connectivity index (χ3v) is 5.72. The number of amides is 1. The smallest absolute Gasteiger partial charge is 0.254 e. The Morgan fingerprint density at radius 1 is 1.05 bits per heavy atom. The van der Waals surface area contributed by atoms with Crippen LogP contribution >= 0.6 is 0 Å². The molecule has 0 aromatic carbocycles. The molecule has 0 aliphatic carbocycles. The van der Waals surface area contributed by atoms with Crippen molar-refractivity contribution in [2.45, 2.75) is 38.3 Å². The Balaban J connectivity index is 1.55. The van der Waals surface area contributed by atoms with Crippen LogP contribution in [0.4, 0.5) is 0 Å². The highest BCUT2D eigenvalue weighted by atomic mass is 16.5. The van der Waals surface area contributed by atoms with Crippen molar-refractivity contribution in [1.82, 2.24) is 14.7 Å². The summed E-state index contributed by atoms with van der Waals surface area (Å²) < 4.78 is 5.32. The lowest BCUT2D eigenvalue weighted by molar-refractivity contribution is -0.153. The summed E-state index contributed by atoms with van der Waals surface area (Å²) in [5.74, 6) is 1.01. The summed E-state index contributed by atoms with van der Waals surface area (Å²) in [6.07, 6.45) is 2.72. The van der Waals surface area contributed by atoms with Crippen LogP contribution in [0, 0.1) is 5.92 Å². The normalized spacial score (nSPS) is 34.2. The number of piperazine rings is 1. The van der Waals surface area contributed by atoms with Gasteiger partial charge in [0.2, 0.25) is 0 Å². The molecule has 0 aromatic rings. The van der Waals surface area contributed by atoms with E-state index in [9.17, 15) is 4.79 Å². The standard InChI is InChI=1S/C16H29N3O2/c1-16(2,21-3)15(20)19-10-8-18(9-11-19)14-12-17-6-4-13(14)5-7-17/h13-14H,4-12H2,1-3H3. The second-order valence-electron chi connectivity index (χ2n) is 7.25. The van der Waals surface area contributed by atoms with Gasteiger partial charge in [-0.25, -0.2) is 0 Å². The fourth-order valence-corrected chi connectivity index (χ4v) is 4.07. The molecule has 0 N–H and O–H groups in total. The number of rotatable bonds is 3. The molecular formula is C16H29N3O2. The summed E-state index contributed by atoms with van der Waals surface area (Å²) in [4.78, 5) is 19.6. The number of carbonyl (C=O) groups excluding carboxylic acids is 1. The van der Waals surface area contributed by atoms with Crippen LogP contribution in [0.5, 0.6) is 0 Å². The lowest BCUT2D eigenvalue weighted by Crippen LogP contribution is -2.62. The van der Waals surface area contributed by atoms with Gasteiger partial charge in [0, 0.05) is 45.9 Å². The Labute approximate surface area is 128 Å². The zero-order valence-corrected chi connectivity index (χ0v) is 13.7. The van der Waals surface area contributed by atoms with Gasteiger partial charge in [0.25, 0.3) is 5.91 Å². The number of methoxy groups -OCH3 is 1. The lowest BCUT2D eigenvalue weighted by Gasteiger charge is -2.51. The maximum absolute atomic E-state index is 12.4. The first kappa shape index (κ1) is 15.3. The molecule has 4 aliphatic heterocycles. The van der Waals surface area contributed by atoms with Crippen molar-refractivity contribution in [2.75, 3.05) is 52.9 Å². The first-order valence-corrected chi connectivity index (χ1v) is 8.32. The van der Waals surface area contributed by atoms with Gasteiger partial charge < -0.3 is 14.5 Å². The van der Waals surface area contributed by atoms with Crippen LogP contribution in [0.2, 0.25) is 0 Å². The van der Waals surface area contributed by atoms with Gasteiger partial charge in [0.15, 0.2) is 0 Å². The Bertz CT molecular complexity index is 383. The minimum Gasteiger partial charge on any atom is -0.369 e. The average Bonchev–Trinajstić information content (AvgIpc) is 2.55. The number of hydrogen-bond donors (Lipinski definition) is 0. The summed E-state index contributed by atoms with van der Waals surface area (Å²) in [7, 11) is 1.61. The molecule has 4 heterocycles. The molecule has 4 fully saturated rings. The molecule has 0 spiro atoms. The molecule has 4 rings (SSSR count). The molecule has 2 bridgehead atoms. The van der Waals surface area contributed by atoms with Crippen molar-refractivity contribution in [3.05, 3.63) is 0 Å². The van der Waals surface area contributed by atoms with Crippen molar-refractivity contribution in [2.24, 2.45) is 5.92 Å². The SMILES string of the molecule is COC(C)(C)C(=O)N1CCN(C2CN3CCC2CC3)CC1. The molecule has 1 unspecified atom stereocenters. The van der Waals surface area contributed by atoms with Crippen LogP contribution in [0.25, 0.3) is 0 Å². The summed E-state index contributed by atoms with van der Waals surface area (Å²) in [6.45, 7) is 11.3.